The SMILES string of the molecule is O=C(NC1CC2(C1)C(C(=O)O)C21CCC1)OCc1ccccc1. The fraction of sp³-hybridized carbons (Fsp3) is 0.556. The molecular formula is C18H21NO4. The van der Waals surface area contributed by atoms with Crippen molar-refractivity contribution in [2.75, 3.05) is 0 Å². The van der Waals surface area contributed by atoms with Crippen LogP contribution in [0, 0.1) is 16.7 Å². The van der Waals surface area contributed by atoms with Gasteiger partial charge in [-0.05, 0) is 42.1 Å². The highest BCUT2D eigenvalue weighted by Crippen LogP contribution is 2.84. The zero-order valence-corrected chi connectivity index (χ0v) is 13.0. The third-order valence-electron chi connectivity index (χ3n) is 6.26. The number of hydrogen-bond acceptors (Lipinski definition) is 3. The molecular weight excluding hydrogens is 294 g/mol. The number of alkyl carbamates (subject to hydrolysis) is 1. The number of aliphatic carboxylic acids is 1. The van der Waals surface area contributed by atoms with E-state index in [4.69, 9.17) is 4.74 Å². The fourth-order valence-electron chi connectivity index (χ4n) is 5.05. The normalized spacial score (nSPS) is 32.7. The van der Waals surface area contributed by atoms with Gasteiger partial charge in [0.1, 0.15) is 6.61 Å². The largest absolute Gasteiger partial charge is 0.481 e. The first kappa shape index (κ1) is 14.5. The molecule has 0 saturated heterocycles. The van der Waals surface area contributed by atoms with Crippen molar-refractivity contribution in [2.45, 2.75) is 44.8 Å². The number of nitrogens with one attached hydrogen (secondary N) is 1. The van der Waals surface area contributed by atoms with Crippen molar-refractivity contribution in [1.82, 2.24) is 5.32 Å². The Morgan fingerprint density at radius 2 is 1.87 bits per heavy atom. The zero-order chi connectivity index (χ0) is 16.1. The number of amides is 1. The number of rotatable bonds is 4. The summed E-state index contributed by atoms with van der Waals surface area (Å²) in [6, 6.07) is 9.61. The summed E-state index contributed by atoms with van der Waals surface area (Å²) in [5.41, 5.74) is 0.952. The minimum atomic E-state index is -0.658. The summed E-state index contributed by atoms with van der Waals surface area (Å²) >= 11 is 0. The molecule has 122 valence electrons. The molecule has 4 rings (SSSR count). The van der Waals surface area contributed by atoms with Crippen LogP contribution in [0.3, 0.4) is 0 Å². The van der Waals surface area contributed by atoms with Crippen LogP contribution in [0.2, 0.25) is 0 Å². The maximum Gasteiger partial charge on any atom is 0.407 e. The van der Waals surface area contributed by atoms with Crippen molar-refractivity contribution in [1.29, 1.82) is 0 Å². The van der Waals surface area contributed by atoms with Crippen LogP contribution in [0.15, 0.2) is 30.3 Å². The van der Waals surface area contributed by atoms with Crippen LogP contribution in [-0.2, 0) is 16.1 Å². The van der Waals surface area contributed by atoms with Crippen molar-refractivity contribution in [3.05, 3.63) is 35.9 Å². The molecule has 3 aliphatic carbocycles. The summed E-state index contributed by atoms with van der Waals surface area (Å²) in [6.07, 6.45) is 4.37. The molecule has 1 atom stereocenters. The maximum absolute atomic E-state index is 11.9. The number of carboxylic acids is 1. The van der Waals surface area contributed by atoms with Gasteiger partial charge in [0.05, 0.1) is 5.92 Å². The van der Waals surface area contributed by atoms with E-state index in [-0.39, 0.29) is 29.4 Å². The molecule has 23 heavy (non-hydrogen) atoms. The molecule has 0 radical (unpaired) electrons. The van der Waals surface area contributed by atoms with E-state index in [9.17, 15) is 14.7 Å². The van der Waals surface area contributed by atoms with Gasteiger partial charge >= 0.3 is 12.1 Å². The van der Waals surface area contributed by atoms with Gasteiger partial charge in [-0.15, -0.1) is 0 Å². The van der Waals surface area contributed by atoms with E-state index in [1.165, 1.54) is 0 Å². The Hall–Kier alpha value is -2.04. The minimum absolute atomic E-state index is 0.0466. The molecule has 1 unspecified atom stereocenters. The third kappa shape index (κ3) is 2.06. The lowest BCUT2D eigenvalue weighted by atomic mass is 9.65. The second-order valence-electron chi connectivity index (χ2n) is 7.25. The molecule has 5 nitrogen and oxygen atoms in total. The molecule has 1 aromatic rings. The Morgan fingerprint density at radius 3 is 2.39 bits per heavy atom. The van der Waals surface area contributed by atoms with E-state index < -0.39 is 12.1 Å². The number of ether oxygens (including phenoxy) is 1. The molecule has 2 spiro atoms. The van der Waals surface area contributed by atoms with E-state index in [0.29, 0.717) is 0 Å². The van der Waals surface area contributed by atoms with Crippen LogP contribution in [0.5, 0.6) is 0 Å². The van der Waals surface area contributed by atoms with Crippen molar-refractivity contribution in [3.8, 4) is 0 Å². The average molecular weight is 315 g/mol. The summed E-state index contributed by atoms with van der Waals surface area (Å²) in [6.45, 7) is 0.256. The lowest BCUT2D eigenvalue weighted by Gasteiger charge is -2.43. The molecule has 0 bridgehead atoms. The van der Waals surface area contributed by atoms with E-state index >= 15 is 0 Å². The minimum Gasteiger partial charge on any atom is -0.481 e. The molecule has 3 fully saturated rings. The standard InChI is InChI=1S/C18H21NO4/c20-15(21)14-17(7-4-8-17)18(14)9-13(10-18)19-16(22)23-11-12-5-2-1-3-6-12/h1-3,5-6,13-14H,4,7-11H2,(H,19,22)(H,20,21). The predicted octanol–water partition coefficient (Wildman–Crippen LogP) is 2.95. The number of fused-ring (bicyclic) bond motifs is 1. The fourth-order valence-corrected chi connectivity index (χ4v) is 5.05. The first-order valence-corrected chi connectivity index (χ1v) is 8.27. The van der Waals surface area contributed by atoms with Gasteiger partial charge in [-0.2, -0.15) is 0 Å². The second-order valence-corrected chi connectivity index (χ2v) is 7.25. The van der Waals surface area contributed by atoms with Gasteiger partial charge in [-0.25, -0.2) is 4.79 Å². The Bertz CT molecular complexity index is 632. The first-order chi connectivity index (χ1) is 11.1. The maximum atomic E-state index is 11.9. The number of carbonyl (C=O) groups excluding carboxylic acids is 1. The molecule has 0 aliphatic heterocycles. The highest BCUT2D eigenvalue weighted by molar-refractivity contribution is 5.78. The highest BCUT2D eigenvalue weighted by Gasteiger charge is 2.83. The third-order valence-corrected chi connectivity index (χ3v) is 6.26. The summed E-state index contributed by atoms with van der Waals surface area (Å²) in [4.78, 5) is 23.3. The van der Waals surface area contributed by atoms with Gasteiger partial charge in [-0.1, -0.05) is 36.8 Å². The van der Waals surface area contributed by atoms with Gasteiger partial charge in [0.15, 0.2) is 0 Å². The molecule has 1 amide bonds. The lowest BCUT2D eigenvalue weighted by molar-refractivity contribution is -0.140. The monoisotopic (exact) mass is 315 g/mol. The number of carboxylic acid groups (broad SMARTS) is 1. The van der Waals surface area contributed by atoms with E-state index in [0.717, 1.165) is 37.7 Å². The second kappa shape index (κ2) is 4.98. The molecule has 0 heterocycles. The molecule has 1 aromatic carbocycles. The lowest BCUT2D eigenvalue weighted by Crippen LogP contribution is -2.48. The molecule has 3 aliphatic rings. The molecule has 5 heteroatoms. The summed E-state index contributed by atoms with van der Waals surface area (Å²) in [5, 5.41) is 12.3. The number of hydrogen-bond donors (Lipinski definition) is 2. The van der Waals surface area contributed by atoms with Crippen molar-refractivity contribution in [3.63, 3.8) is 0 Å². The van der Waals surface area contributed by atoms with Crippen LogP contribution in [0.25, 0.3) is 0 Å². The number of benzene rings is 1. The topological polar surface area (TPSA) is 75.6 Å². The van der Waals surface area contributed by atoms with Gasteiger partial charge in [0.25, 0.3) is 0 Å². The van der Waals surface area contributed by atoms with Gasteiger partial charge in [0, 0.05) is 6.04 Å². The predicted molar refractivity (Wildman–Crippen MR) is 82.6 cm³/mol. The van der Waals surface area contributed by atoms with E-state index in [1.807, 2.05) is 30.3 Å². The summed E-state index contributed by atoms with van der Waals surface area (Å²) in [7, 11) is 0. The Balaban J connectivity index is 1.26. The van der Waals surface area contributed by atoms with E-state index in [1.54, 1.807) is 0 Å². The summed E-state index contributed by atoms with van der Waals surface area (Å²) in [5.74, 6) is -0.850. The number of carbonyl (C=O) groups is 2. The van der Waals surface area contributed by atoms with Gasteiger partial charge in [0.2, 0.25) is 0 Å². The molecule has 0 aromatic heterocycles. The Morgan fingerprint density at radius 1 is 1.17 bits per heavy atom. The van der Waals surface area contributed by atoms with Crippen LogP contribution in [0.4, 0.5) is 4.79 Å². The van der Waals surface area contributed by atoms with Crippen LogP contribution < -0.4 is 5.32 Å². The Labute approximate surface area is 135 Å². The quantitative estimate of drug-likeness (QED) is 0.895. The molecule has 3 saturated carbocycles. The van der Waals surface area contributed by atoms with Crippen molar-refractivity contribution < 1.29 is 19.4 Å². The highest BCUT2D eigenvalue weighted by atomic mass is 16.5. The summed E-state index contributed by atoms with van der Waals surface area (Å²) < 4.78 is 5.22. The van der Waals surface area contributed by atoms with Gasteiger partial charge < -0.3 is 15.2 Å². The zero-order valence-electron chi connectivity index (χ0n) is 13.0. The van der Waals surface area contributed by atoms with Crippen LogP contribution in [0.1, 0.15) is 37.7 Å². The smallest absolute Gasteiger partial charge is 0.407 e. The van der Waals surface area contributed by atoms with Crippen LogP contribution >= 0.6 is 0 Å². The van der Waals surface area contributed by atoms with Gasteiger partial charge in [-0.3, -0.25) is 4.79 Å². The van der Waals surface area contributed by atoms with Crippen molar-refractivity contribution in [2.24, 2.45) is 16.7 Å². The average Bonchev–Trinajstić information content (AvgIpc) is 3.11. The van der Waals surface area contributed by atoms with Crippen LogP contribution in [-0.4, -0.2) is 23.2 Å². The van der Waals surface area contributed by atoms with E-state index in [2.05, 4.69) is 5.32 Å². The van der Waals surface area contributed by atoms with Crippen molar-refractivity contribution >= 4 is 12.1 Å². The first-order valence-electron chi connectivity index (χ1n) is 8.27. The Kier molecular flexibility index (Phi) is 3.15. The molecule has 2 N–H and O–H groups in total.